The zero-order valence-corrected chi connectivity index (χ0v) is 10.2. The quantitative estimate of drug-likeness (QED) is 0.738. The Hall–Kier alpha value is -0.120. The molecule has 3 N–H and O–H groups in total. The van der Waals surface area contributed by atoms with Crippen LogP contribution in [0.3, 0.4) is 0 Å². The lowest BCUT2D eigenvalue weighted by molar-refractivity contribution is -0.0815. The number of nitrogens with two attached hydrogens (primary N) is 1. The van der Waals surface area contributed by atoms with E-state index in [0.717, 1.165) is 12.8 Å². The van der Waals surface area contributed by atoms with Gasteiger partial charge in [0.1, 0.15) is 0 Å². The minimum atomic E-state index is -0.566. The van der Waals surface area contributed by atoms with Crippen LogP contribution < -0.4 is 5.73 Å². The fourth-order valence-corrected chi connectivity index (χ4v) is 3.99. The van der Waals surface area contributed by atoms with Crippen molar-refractivity contribution in [2.24, 2.45) is 11.7 Å². The van der Waals surface area contributed by atoms with Crippen LogP contribution in [-0.2, 0) is 0 Å². The molecule has 1 aliphatic carbocycles. The summed E-state index contributed by atoms with van der Waals surface area (Å²) in [5.41, 5.74) is 5.75. The summed E-state index contributed by atoms with van der Waals surface area (Å²) in [5, 5.41) is 10.8. The first-order valence-corrected chi connectivity index (χ1v) is 6.80. The summed E-state index contributed by atoms with van der Waals surface area (Å²) in [7, 11) is 2.21. The predicted octanol–water partition coefficient (Wildman–Crippen LogP) is 1.10. The Morgan fingerprint density at radius 1 is 1.19 bits per heavy atom. The maximum atomic E-state index is 10.8. The van der Waals surface area contributed by atoms with E-state index in [9.17, 15) is 5.11 Å². The van der Waals surface area contributed by atoms with Gasteiger partial charge in [0.05, 0.1) is 5.60 Å². The highest BCUT2D eigenvalue weighted by atomic mass is 16.3. The first kappa shape index (κ1) is 11.0. The molecule has 2 saturated heterocycles. The van der Waals surface area contributed by atoms with E-state index >= 15 is 0 Å². The van der Waals surface area contributed by atoms with Crippen molar-refractivity contribution < 1.29 is 5.11 Å². The summed E-state index contributed by atoms with van der Waals surface area (Å²) in [5.74, 6) is 0.591. The minimum Gasteiger partial charge on any atom is -0.388 e. The molecule has 0 radical (unpaired) electrons. The van der Waals surface area contributed by atoms with Crippen LogP contribution in [0.5, 0.6) is 0 Å². The maximum absolute atomic E-state index is 10.8. The molecular weight excluding hydrogens is 200 g/mol. The van der Waals surface area contributed by atoms with E-state index in [1.165, 1.54) is 32.1 Å². The SMILES string of the molecule is CN1C2CCC1CC(O)(C(N)C1CCC1)C2. The summed E-state index contributed by atoms with van der Waals surface area (Å²) in [6.45, 7) is 0. The number of hydrogen-bond donors (Lipinski definition) is 2. The summed E-state index contributed by atoms with van der Waals surface area (Å²) in [6.07, 6.45) is 8.07. The van der Waals surface area contributed by atoms with E-state index in [2.05, 4.69) is 11.9 Å². The third kappa shape index (κ3) is 1.52. The van der Waals surface area contributed by atoms with Gasteiger partial charge in [-0.05, 0) is 51.5 Å². The Labute approximate surface area is 98.0 Å². The normalized spacial score (nSPS) is 46.7. The zero-order valence-electron chi connectivity index (χ0n) is 10.2. The number of hydrogen-bond acceptors (Lipinski definition) is 3. The number of fused-ring (bicyclic) bond motifs is 2. The highest BCUT2D eigenvalue weighted by Gasteiger charge is 2.50. The third-order valence-corrected chi connectivity index (χ3v) is 5.44. The highest BCUT2D eigenvalue weighted by Crippen LogP contribution is 2.44. The molecule has 3 fully saturated rings. The molecule has 92 valence electrons. The molecule has 3 atom stereocenters. The monoisotopic (exact) mass is 224 g/mol. The molecule has 3 rings (SSSR count). The van der Waals surface area contributed by atoms with Gasteiger partial charge in [-0.3, -0.25) is 0 Å². The van der Waals surface area contributed by atoms with Crippen LogP contribution in [0.2, 0.25) is 0 Å². The second-order valence-electron chi connectivity index (χ2n) is 6.28. The van der Waals surface area contributed by atoms with Gasteiger partial charge in [0.25, 0.3) is 0 Å². The summed E-state index contributed by atoms with van der Waals surface area (Å²) in [6, 6.07) is 1.18. The van der Waals surface area contributed by atoms with Gasteiger partial charge in [0.2, 0.25) is 0 Å². The van der Waals surface area contributed by atoms with Crippen molar-refractivity contribution in [3.05, 3.63) is 0 Å². The largest absolute Gasteiger partial charge is 0.388 e. The van der Waals surface area contributed by atoms with Crippen LogP contribution in [-0.4, -0.2) is 40.8 Å². The van der Waals surface area contributed by atoms with Crippen molar-refractivity contribution in [1.82, 2.24) is 4.90 Å². The van der Waals surface area contributed by atoms with Gasteiger partial charge >= 0.3 is 0 Å². The predicted molar refractivity (Wildman–Crippen MR) is 64.1 cm³/mol. The van der Waals surface area contributed by atoms with Crippen LogP contribution in [0.1, 0.15) is 44.9 Å². The third-order valence-electron chi connectivity index (χ3n) is 5.44. The van der Waals surface area contributed by atoms with Crippen molar-refractivity contribution in [3.8, 4) is 0 Å². The van der Waals surface area contributed by atoms with E-state index in [4.69, 9.17) is 5.73 Å². The number of rotatable bonds is 2. The van der Waals surface area contributed by atoms with Crippen molar-refractivity contribution in [2.75, 3.05) is 7.05 Å². The molecule has 2 aliphatic heterocycles. The topological polar surface area (TPSA) is 49.5 Å². The Morgan fingerprint density at radius 3 is 2.19 bits per heavy atom. The molecule has 3 heteroatoms. The molecule has 16 heavy (non-hydrogen) atoms. The molecule has 2 bridgehead atoms. The van der Waals surface area contributed by atoms with Crippen molar-refractivity contribution in [2.45, 2.75) is 68.7 Å². The van der Waals surface area contributed by atoms with E-state index in [1.807, 2.05) is 0 Å². The van der Waals surface area contributed by atoms with Crippen molar-refractivity contribution >= 4 is 0 Å². The first-order valence-electron chi connectivity index (χ1n) is 6.80. The van der Waals surface area contributed by atoms with Gasteiger partial charge in [0, 0.05) is 18.1 Å². The molecule has 0 amide bonds. The fraction of sp³-hybridized carbons (Fsp3) is 1.00. The second-order valence-corrected chi connectivity index (χ2v) is 6.28. The van der Waals surface area contributed by atoms with Crippen LogP contribution in [0.4, 0.5) is 0 Å². The van der Waals surface area contributed by atoms with Gasteiger partial charge in [-0.25, -0.2) is 0 Å². The highest BCUT2D eigenvalue weighted by molar-refractivity contribution is 5.07. The molecule has 3 unspecified atom stereocenters. The van der Waals surface area contributed by atoms with E-state index in [-0.39, 0.29) is 6.04 Å². The van der Waals surface area contributed by atoms with Gasteiger partial charge in [0.15, 0.2) is 0 Å². The van der Waals surface area contributed by atoms with Crippen LogP contribution in [0.15, 0.2) is 0 Å². The minimum absolute atomic E-state index is 0.0260. The Bertz CT molecular complexity index is 263. The lowest BCUT2D eigenvalue weighted by atomic mass is 9.69. The Morgan fingerprint density at radius 2 is 1.75 bits per heavy atom. The van der Waals surface area contributed by atoms with E-state index in [0.29, 0.717) is 18.0 Å². The van der Waals surface area contributed by atoms with Gasteiger partial charge in [-0.1, -0.05) is 6.42 Å². The molecule has 3 aliphatic rings. The zero-order chi connectivity index (χ0) is 11.3. The molecule has 2 heterocycles. The molecular formula is C13H24N2O. The summed E-state index contributed by atoms with van der Waals surface area (Å²) >= 11 is 0. The standard InChI is InChI=1S/C13H24N2O/c1-15-10-5-6-11(15)8-13(16,7-10)12(14)9-3-2-4-9/h9-12,16H,2-8,14H2,1H3. The first-order chi connectivity index (χ1) is 7.60. The second kappa shape index (κ2) is 3.69. The fourth-order valence-electron chi connectivity index (χ4n) is 3.99. The maximum Gasteiger partial charge on any atom is 0.0830 e. The van der Waals surface area contributed by atoms with Crippen LogP contribution in [0, 0.1) is 5.92 Å². The molecule has 3 nitrogen and oxygen atoms in total. The van der Waals surface area contributed by atoms with Gasteiger partial charge < -0.3 is 15.7 Å². The van der Waals surface area contributed by atoms with Gasteiger partial charge in [-0.2, -0.15) is 0 Å². The summed E-state index contributed by atoms with van der Waals surface area (Å²) < 4.78 is 0. The summed E-state index contributed by atoms with van der Waals surface area (Å²) in [4.78, 5) is 2.46. The average molecular weight is 224 g/mol. The Balaban J connectivity index is 1.74. The lowest BCUT2D eigenvalue weighted by Gasteiger charge is -2.48. The van der Waals surface area contributed by atoms with E-state index < -0.39 is 5.60 Å². The van der Waals surface area contributed by atoms with E-state index in [1.54, 1.807) is 0 Å². The Kier molecular flexibility index (Phi) is 2.54. The average Bonchev–Trinajstić information content (AvgIpc) is 2.42. The lowest BCUT2D eigenvalue weighted by Crippen LogP contribution is -2.61. The number of piperidine rings is 1. The smallest absolute Gasteiger partial charge is 0.0830 e. The molecule has 1 saturated carbocycles. The van der Waals surface area contributed by atoms with Crippen LogP contribution >= 0.6 is 0 Å². The van der Waals surface area contributed by atoms with Crippen LogP contribution in [0.25, 0.3) is 0 Å². The van der Waals surface area contributed by atoms with Crippen molar-refractivity contribution in [1.29, 1.82) is 0 Å². The molecule has 0 aromatic heterocycles. The molecule has 0 aromatic carbocycles. The number of aliphatic hydroxyl groups is 1. The molecule has 0 aromatic rings. The van der Waals surface area contributed by atoms with Gasteiger partial charge in [-0.15, -0.1) is 0 Å². The van der Waals surface area contributed by atoms with Crippen molar-refractivity contribution in [3.63, 3.8) is 0 Å². The molecule has 0 spiro atoms. The number of nitrogens with zero attached hydrogens (tertiary/aromatic N) is 1.